The van der Waals surface area contributed by atoms with E-state index in [1.54, 1.807) is 36.0 Å². The Labute approximate surface area is 194 Å². The summed E-state index contributed by atoms with van der Waals surface area (Å²) in [5.74, 6) is 4.13. The van der Waals surface area contributed by atoms with Crippen molar-refractivity contribution in [2.45, 2.75) is 12.7 Å². The van der Waals surface area contributed by atoms with Crippen LogP contribution in [0.1, 0.15) is 15.3 Å². The van der Waals surface area contributed by atoms with Crippen molar-refractivity contribution in [3.05, 3.63) is 69.5 Å². The lowest BCUT2D eigenvalue weighted by molar-refractivity contribution is -0.192. The van der Waals surface area contributed by atoms with Gasteiger partial charge in [0, 0.05) is 23.8 Å². The second-order valence-electron chi connectivity index (χ2n) is 6.23. The standard InChI is InChI=1S/C20H15N3OS2.C2HF3O2/c1-24-20-14(4-2-9-22-20)6-7-15-12-18-19(26-15)17(8-10-21-18)23-13-16-5-3-11-25-16;3-2(4,5)1(6)7/h2-5,8-12H,13H2,1H3,(H,21,23);(H,6,7). The van der Waals surface area contributed by atoms with Gasteiger partial charge in [-0.3, -0.25) is 4.98 Å². The number of thiophene rings is 2. The van der Waals surface area contributed by atoms with Crippen LogP contribution in [0.3, 0.4) is 0 Å². The summed E-state index contributed by atoms with van der Waals surface area (Å²) in [6, 6.07) is 12.0. The van der Waals surface area contributed by atoms with Crippen LogP contribution in [0.25, 0.3) is 10.2 Å². The van der Waals surface area contributed by atoms with Crippen molar-refractivity contribution in [2.75, 3.05) is 12.4 Å². The summed E-state index contributed by atoms with van der Waals surface area (Å²) in [6.07, 6.45) is -1.56. The fourth-order valence-corrected chi connectivity index (χ4v) is 4.12. The fourth-order valence-electron chi connectivity index (χ4n) is 2.51. The molecule has 0 aliphatic rings. The second-order valence-corrected chi connectivity index (χ2v) is 8.31. The van der Waals surface area contributed by atoms with E-state index in [9.17, 15) is 13.2 Å². The maximum atomic E-state index is 10.6. The molecule has 33 heavy (non-hydrogen) atoms. The molecule has 0 aliphatic heterocycles. The third kappa shape index (κ3) is 6.68. The number of halogens is 3. The predicted octanol–water partition coefficient (Wildman–Crippen LogP) is 5.41. The molecule has 0 saturated carbocycles. The highest BCUT2D eigenvalue weighted by atomic mass is 32.1. The van der Waals surface area contributed by atoms with Crippen LogP contribution in [-0.2, 0) is 11.3 Å². The van der Waals surface area contributed by atoms with Gasteiger partial charge in [-0.05, 0) is 35.7 Å². The first-order valence-corrected chi connectivity index (χ1v) is 10.9. The Bertz CT molecular complexity index is 1290. The van der Waals surface area contributed by atoms with E-state index in [2.05, 4.69) is 44.6 Å². The Balaban J connectivity index is 0.000000383. The van der Waals surface area contributed by atoms with Crippen LogP contribution < -0.4 is 10.1 Å². The predicted molar refractivity (Wildman–Crippen MR) is 122 cm³/mol. The third-order valence-electron chi connectivity index (χ3n) is 3.97. The minimum atomic E-state index is -5.08. The number of rotatable bonds is 4. The van der Waals surface area contributed by atoms with Gasteiger partial charge in [0.1, 0.15) is 0 Å². The first kappa shape index (κ1) is 24.0. The average molecular weight is 492 g/mol. The molecule has 0 aromatic carbocycles. The van der Waals surface area contributed by atoms with Crippen molar-refractivity contribution in [2.24, 2.45) is 0 Å². The molecule has 0 aliphatic carbocycles. The smallest absolute Gasteiger partial charge is 0.480 e. The lowest BCUT2D eigenvalue weighted by atomic mass is 10.2. The number of methoxy groups -OCH3 is 1. The van der Waals surface area contributed by atoms with Crippen LogP contribution in [-0.4, -0.2) is 34.3 Å². The molecule has 0 atom stereocenters. The van der Waals surface area contributed by atoms with Crippen LogP contribution in [0.5, 0.6) is 5.88 Å². The summed E-state index contributed by atoms with van der Waals surface area (Å²) >= 11 is 3.38. The van der Waals surface area contributed by atoms with Gasteiger partial charge < -0.3 is 15.2 Å². The van der Waals surface area contributed by atoms with Crippen molar-refractivity contribution in [1.29, 1.82) is 0 Å². The van der Waals surface area contributed by atoms with Crippen molar-refractivity contribution in [3.63, 3.8) is 0 Å². The molecular weight excluding hydrogens is 475 g/mol. The maximum Gasteiger partial charge on any atom is 0.490 e. The SMILES string of the molecule is COc1ncccc1C#Cc1cc2nccc(NCc3cccs3)c2s1.O=C(O)C(F)(F)F. The molecule has 4 rings (SSSR count). The van der Waals surface area contributed by atoms with Crippen molar-refractivity contribution >= 4 is 44.5 Å². The quantitative estimate of drug-likeness (QED) is 0.372. The molecule has 4 heterocycles. The number of aromatic nitrogens is 2. The van der Waals surface area contributed by atoms with Gasteiger partial charge in [0.15, 0.2) is 0 Å². The third-order valence-corrected chi connectivity index (χ3v) is 5.92. The highest BCUT2D eigenvalue weighted by molar-refractivity contribution is 7.20. The number of carboxylic acid groups (broad SMARTS) is 1. The number of hydrogen-bond acceptors (Lipinski definition) is 7. The number of nitrogens with zero attached hydrogens (tertiary/aromatic N) is 2. The van der Waals surface area contributed by atoms with Gasteiger partial charge in [0.25, 0.3) is 0 Å². The summed E-state index contributed by atoms with van der Waals surface area (Å²) in [6.45, 7) is 0.808. The molecule has 0 radical (unpaired) electrons. The van der Waals surface area contributed by atoms with Crippen LogP contribution in [0.4, 0.5) is 18.9 Å². The molecule has 6 nitrogen and oxygen atoms in total. The molecular formula is C22H16F3N3O3S2. The zero-order valence-corrected chi connectivity index (χ0v) is 18.6. The Kier molecular flexibility index (Phi) is 7.87. The Morgan fingerprint density at radius 1 is 1.18 bits per heavy atom. The largest absolute Gasteiger partial charge is 0.490 e. The topological polar surface area (TPSA) is 84.3 Å². The lowest BCUT2D eigenvalue weighted by Crippen LogP contribution is -2.21. The maximum absolute atomic E-state index is 10.6. The number of fused-ring (bicyclic) bond motifs is 1. The fraction of sp³-hybridized carbons (Fsp3) is 0.136. The van der Waals surface area contributed by atoms with Crippen molar-refractivity contribution in [1.82, 2.24) is 9.97 Å². The first-order chi connectivity index (χ1) is 15.8. The molecule has 0 unspecified atom stereocenters. The van der Waals surface area contributed by atoms with Crippen LogP contribution >= 0.6 is 22.7 Å². The van der Waals surface area contributed by atoms with Crippen molar-refractivity contribution < 1.29 is 27.8 Å². The normalized spacial score (nSPS) is 10.5. The number of alkyl halides is 3. The Morgan fingerprint density at radius 3 is 2.64 bits per heavy atom. The van der Waals surface area contributed by atoms with E-state index < -0.39 is 12.1 Å². The number of anilines is 1. The van der Waals surface area contributed by atoms with Gasteiger partial charge in [0.05, 0.1) is 33.5 Å². The van der Waals surface area contributed by atoms with Crippen LogP contribution in [0, 0.1) is 11.8 Å². The van der Waals surface area contributed by atoms with E-state index in [0.717, 1.165) is 32.9 Å². The molecule has 4 aromatic heterocycles. The van der Waals surface area contributed by atoms with E-state index in [4.69, 9.17) is 14.6 Å². The van der Waals surface area contributed by atoms with Crippen molar-refractivity contribution in [3.8, 4) is 17.7 Å². The van der Waals surface area contributed by atoms with Crippen LogP contribution in [0.15, 0.2) is 54.2 Å². The minimum absolute atomic E-state index is 0.539. The molecule has 11 heteroatoms. The van der Waals surface area contributed by atoms with E-state index in [1.807, 2.05) is 30.5 Å². The Hall–Kier alpha value is -3.62. The molecule has 0 amide bonds. The summed E-state index contributed by atoms with van der Waals surface area (Å²) in [7, 11) is 1.60. The summed E-state index contributed by atoms with van der Waals surface area (Å²) < 4.78 is 38.1. The van der Waals surface area contributed by atoms with Crippen LogP contribution in [0.2, 0.25) is 0 Å². The van der Waals surface area contributed by atoms with E-state index >= 15 is 0 Å². The van der Waals surface area contributed by atoms with E-state index in [-0.39, 0.29) is 0 Å². The van der Waals surface area contributed by atoms with E-state index in [0.29, 0.717) is 5.88 Å². The number of carbonyl (C=O) groups is 1. The number of hydrogen-bond donors (Lipinski definition) is 2. The summed E-state index contributed by atoms with van der Waals surface area (Å²) in [5.41, 5.74) is 2.81. The molecule has 0 fully saturated rings. The zero-order valence-electron chi connectivity index (χ0n) is 17.0. The molecule has 0 bridgehead atoms. The zero-order chi connectivity index (χ0) is 23.8. The number of aliphatic carboxylic acids is 1. The number of ether oxygens (including phenoxy) is 1. The lowest BCUT2D eigenvalue weighted by Gasteiger charge is -2.05. The van der Waals surface area contributed by atoms with E-state index in [1.165, 1.54) is 4.88 Å². The van der Waals surface area contributed by atoms with Gasteiger partial charge in [0.2, 0.25) is 5.88 Å². The number of carboxylic acids is 1. The van der Waals surface area contributed by atoms with Gasteiger partial charge in [-0.25, -0.2) is 9.78 Å². The summed E-state index contributed by atoms with van der Waals surface area (Å²) in [5, 5.41) is 12.7. The van der Waals surface area contributed by atoms with Gasteiger partial charge in [-0.15, -0.1) is 22.7 Å². The highest BCUT2D eigenvalue weighted by Gasteiger charge is 2.38. The average Bonchev–Trinajstić information content (AvgIpc) is 3.46. The summed E-state index contributed by atoms with van der Waals surface area (Å²) in [4.78, 5) is 19.8. The second kappa shape index (κ2) is 10.8. The molecule has 0 saturated heterocycles. The minimum Gasteiger partial charge on any atom is -0.480 e. The number of pyridine rings is 2. The molecule has 2 N–H and O–H groups in total. The number of nitrogens with one attached hydrogen (secondary N) is 1. The molecule has 4 aromatic rings. The van der Waals surface area contributed by atoms with Gasteiger partial charge in [-0.1, -0.05) is 17.9 Å². The molecule has 170 valence electrons. The monoisotopic (exact) mass is 491 g/mol. The Morgan fingerprint density at radius 2 is 1.97 bits per heavy atom. The highest BCUT2D eigenvalue weighted by Crippen LogP contribution is 2.31. The van der Waals surface area contributed by atoms with Gasteiger partial charge in [-0.2, -0.15) is 13.2 Å². The molecule has 0 spiro atoms. The van der Waals surface area contributed by atoms with Gasteiger partial charge >= 0.3 is 12.1 Å². The first-order valence-electron chi connectivity index (χ1n) is 9.24.